The van der Waals surface area contributed by atoms with Crippen LogP contribution in [-0.4, -0.2) is 51.7 Å². The highest BCUT2D eigenvalue weighted by molar-refractivity contribution is 6.71. The van der Waals surface area contributed by atoms with E-state index < -0.39 is 20.9 Å². The molecule has 6 nitrogen and oxygen atoms in total. The molecule has 7 heteroatoms. The largest absolute Gasteiger partial charge is 0.480 e. The summed E-state index contributed by atoms with van der Waals surface area (Å²) in [6.07, 6.45) is 0.865. The second-order valence-electron chi connectivity index (χ2n) is 4.53. The number of carbonyl (C=O) groups is 2. The Hall–Kier alpha value is -0.923. The molecule has 106 valence electrons. The molecule has 0 bridgehead atoms. The molecule has 0 saturated carbocycles. The molecule has 0 spiro atoms. The molecule has 0 aromatic carbocycles. The van der Waals surface area contributed by atoms with Gasteiger partial charge in [-0.3, -0.25) is 4.79 Å². The first kappa shape index (κ1) is 17.1. The molecule has 0 aliphatic carbocycles. The van der Waals surface area contributed by atoms with E-state index in [1.165, 1.54) is 0 Å². The SMILES string of the molecule is CCO[Si](C)(C)CCCNC(=O)COCC(=O)O. The Kier molecular flexibility index (Phi) is 8.60. The van der Waals surface area contributed by atoms with E-state index in [-0.39, 0.29) is 12.5 Å². The van der Waals surface area contributed by atoms with Crippen molar-refractivity contribution in [3.8, 4) is 0 Å². The van der Waals surface area contributed by atoms with E-state index in [1.807, 2.05) is 6.92 Å². The topological polar surface area (TPSA) is 84.9 Å². The standard InChI is InChI=1S/C11H23NO5Si/c1-4-17-18(2,3)7-5-6-12-10(13)8-16-9-11(14)15/h4-9H2,1-3H3,(H,12,13)(H,14,15). The minimum atomic E-state index is -1.58. The van der Waals surface area contributed by atoms with Crippen LogP contribution in [0.3, 0.4) is 0 Å². The van der Waals surface area contributed by atoms with Gasteiger partial charge in [0, 0.05) is 13.2 Å². The molecule has 18 heavy (non-hydrogen) atoms. The Morgan fingerprint density at radius 3 is 2.50 bits per heavy atom. The summed E-state index contributed by atoms with van der Waals surface area (Å²) in [6, 6.07) is 0.983. The third-order valence-electron chi connectivity index (χ3n) is 2.27. The summed E-state index contributed by atoms with van der Waals surface area (Å²) < 4.78 is 10.3. The highest BCUT2D eigenvalue weighted by Crippen LogP contribution is 2.12. The molecule has 0 unspecified atom stereocenters. The molecule has 0 aromatic heterocycles. The smallest absolute Gasteiger partial charge is 0.329 e. The number of aliphatic carboxylic acids is 1. The number of amides is 1. The van der Waals surface area contributed by atoms with Crippen molar-refractivity contribution in [2.45, 2.75) is 32.5 Å². The number of carbonyl (C=O) groups excluding carboxylic acids is 1. The van der Waals surface area contributed by atoms with Crippen molar-refractivity contribution in [1.29, 1.82) is 0 Å². The van der Waals surface area contributed by atoms with Gasteiger partial charge in [0.1, 0.15) is 13.2 Å². The summed E-state index contributed by atoms with van der Waals surface area (Å²) in [4.78, 5) is 21.4. The van der Waals surface area contributed by atoms with E-state index in [2.05, 4.69) is 23.1 Å². The van der Waals surface area contributed by atoms with E-state index in [9.17, 15) is 9.59 Å². The molecular weight excluding hydrogens is 254 g/mol. The van der Waals surface area contributed by atoms with Crippen LogP contribution in [0.15, 0.2) is 0 Å². The molecule has 1 amide bonds. The van der Waals surface area contributed by atoms with Gasteiger partial charge < -0.3 is 19.6 Å². The van der Waals surface area contributed by atoms with E-state index in [1.54, 1.807) is 0 Å². The number of carboxylic acid groups (broad SMARTS) is 1. The van der Waals surface area contributed by atoms with Gasteiger partial charge in [-0.15, -0.1) is 0 Å². The average Bonchev–Trinajstić information content (AvgIpc) is 2.24. The van der Waals surface area contributed by atoms with Gasteiger partial charge in [-0.25, -0.2) is 4.79 Å². The Labute approximate surface area is 109 Å². The zero-order valence-corrected chi connectivity index (χ0v) is 12.3. The summed E-state index contributed by atoms with van der Waals surface area (Å²) in [6.45, 7) is 6.92. The van der Waals surface area contributed by atoms with Gasteiger partial charge in [-0.05, 0) is 32.5 Å². The quantitative estimate of drug-likeness (QED) is 0.456. The summed E-state index contributed by atoms with van der Waals surface area (Å²) >= 11 is 0. The number of hydrogen-bond donors (Lipinski definition) is 2. The van der Waals surface area contributed by atoms with Crippen molar-refractivity contribution in [2.75, 3.05) is 26.4 Å². The Balaban J connectivity index is 3.54. The van der Waals surface area contributed by atoms with Crippen molar-refractivity contribution >= 4 is 20.2 Å². The molecule has 0 rings (SSSR count). The van der Waals surface area contributed by atoms with Crippen LogP contribution in [0.4, 0.5) is 0 Å². The van der Waals surface area contributed by atoms with E-state index in [4.69, 9.17) is 9.53 Å². The van der Waals surface area contributed by atoms with Crippen LogP contribution in [0, 0.1) is 0 Å². The van der Waals surface area contributed by atoms with Crippen molar-refractivity contribution in [2.24, 2.45) is 0 Å². The number of nitrogens with one attached hydrogen (secondary N) is 1. The fourth-order valence-electron chi connectivity index (χ4n) is 1.49. The summed E-state index contributed by atoms with van der Waals surface area (Å²) in [5, 5.41) is 11.0. The lowest BCUT2D eigenvalue weighted by molar-refractivity contribution is -0.143. The van der Waals surface area contributed by atoms with E-state index >= 15 is 0 Å². The highest BCUT2D eigenvalue weighted by Gasteiger charge is 2.20. The first-order valence-corrected chi connectivity index (χ1v) is 9.19. The number of hydrogen-bond acceptors (Lipinski definition) is 4. The maximum absolute atomic E-state index is 11.2. The number of ether oxygens (including phenoxy) is 1. The third kappa shape index (κ3) is 10.2. The fraction of sp³-hybridized carbons (Fsp3) is 0.818. The zero-order valence-electron chi connectivity index (χ0n) is 11.3. The average molecular weight is 277 g/mol. The van der Waals surface area contributed by atoms with Gasteiger partial charge in [0.05, 0.1) is 0 Å². The van der Waals surface area contributed by atoms with Crippen LogP contribution in [0.1, 0.15) is 13.3 Å². The first-order valence-electron chi connectivity index (χ1n) is 6.07. The molecule has 0 aliphatic heterocycles. The zero-order chi connectivity index (χ0) is 14.0. The van der Waals surface area contributed by atoms with Crippen LogP contribution in [0.2, 0.25) is 19.1 Å². The van der Waals surface area contributed by atoms with Gasteiger partial charge in [0.15, 0.2) is 8.32 Å². The van der Waals surface area contributed by atoms with Crippen molar-refractivity contribution < 1.29 is 23.9 Å². The van der Waals surface area contributed by atoms with E-state index in [0.717, 1.165) is 19.1 Å². The van der Waals surface area contributed by atoms with Crippen LogP contribution < -0.4 is 5.32 Å². The fourth-order valence-corrected chi connectivity index (χ4v) is 3.44. The third-order valence-corrected chi connectivity index (χ3v) is 4.90. The van der Waals surface area contributed by atoms with Crippen molar-refractivity contribution in [3.05, 3.63) is 0 Å². The van der Waals surface area contributed by atoms with Crippen LogP contribution >= 0.6 is 0 Å². The summed E-state index contributed by atoms with van der Waals surface area (Å²) in [7, 11) is -1.58. The number of rotatable bonds is 10. The highest BCUT2D eigenvalue weighted by atomic mass is 28.4. The Morgan fingerprint density at radius 2 is 1.94 bits per heavy atom. The number of carboxylic acids is 1. The molecule has 0 aromatic rings. The minimum absolute atomic E-state index is 0.210. The van der Waals surface area contributed by atoms with Gasteiger partial charge in [-0.1, -0.05) is 0 Å². The lowest BCUT2D eigenvalue weighted by Gasteiger charge is -2.21. The molecule has 0 heterocycles. The molecule has 0 radical (unpaired) electrons. The molecule has 0 aliphatic rings. The van der Waals surface area contributed by atoms with Gasteiger partial charge in [-0.2, -0.15) is 0 Å². The normalized spacial score (nSPS) is 11.3. The predicted molar refractivity (Wildman–Crippen MR) is 70.0 cm³/mol. The summed E-state index contributed by atoms with van der Waals surface area (Å²) in [5.74, 6) is -1.36. The van der Waals surface area contributed by atoms with Crippen molar-refractivity contribution in [1.82, 2.24) is 5.32 Å². The minimum Gasteiger partial charge on any atom is -0.480 e. The van der Waals surface area contributed by atoms with Gasteiger partial charge >= 0.3 is 5.97 Å². The van der Waals surface area contributed by atoms with Crippen LogP contribution in [0.25, 0.3) is 0 Å². The lowest BCUT2D eigenvalue weighted by Crippen LogP contribution is -2.33. The van der Waals surface area contributed by atoms with Crippen molar-refractivity contribution in [3.63, 3.8) is 0 Å². The first-order chi connectivity index (χ1) is 8.37. The Morgan fingerprint density at radius 1 is 1.28 bits per heavy atom. The van der Waals surface area contributed by atoms with E-state index in [0.29, 0.717) is 6.54 Å². The Bertz CT molecular complexity index is 270. The maximum Gasteiger partial charge on any atom is 0.329 e. The summed E-state index contributed by atoms with van der Waals surface area (Å²) in [5.41, 5.74) is 0. The molecule has 0 atom stereocenters. The second-order valence-corrected chi connectivity index (χ2v) is 8.84. The predicted octanol–water partition coefficient (Wildman–Crippen LogP) is 0.835. The van der Waals surface area contributed by atoms with Gasteiger partial charge in [0.2, 0.25) is 5.91 Å². The molecule has 2 N–H and O–H groups in total. The lowest BCUT2D eigenvalue weighted by atomic mass is 10.4. The maximum atomic E-state index is 11.2. The second kappa shape index (κ2) is 9.07. The molecular formula is C11H23NO5Si. The van der Waals surface area contributed by atoms with Gasteiger partial charge in [0.25, 0.3) is 0 Å². The molecule has 0 fully saturated rings. The molecule has 0 saturated heterocycles. The monoisotopic (exact) mass is 277 g/mol. The van der Waals surface area contributed by atoms with Crippen LogP contribution in [-0.2, 0) is 18.8 Å². The van der Waals surface area contributed by atoms with Crippen LogP contribution in [0.5, 0.6) is 0 Å².